The second-order valence-electron chi connectivity index (χ2n) is 5.74. The molecular formula is C16H20N4O6. The summed E-state index contributed by atoms with van der Waals surface area (Å²) < 4.78 is 9.65. The summed E-state index contributed by atoms with van der Waals surface area (Å²) in [5.74, 6) is -0.453. The van der Waals surface area contributed by atoms with Crippen molar-refractivity contribution < 1.29 is 23.6 Å². The number of anilines is 1. The second-order valence-corrected chi connectivity index (χ2v) is 5.74. The summed E-state index contributed by atoms with van der Waals surface area (Å²) >= 11 is 0. The van der Waals surface area contributed by atoms with E-state index in [2.05, 4.69) is 20.4 Å². The van der Waals surface area contributed by atoms with Crippen molar-refractivity contribution in [2.24, 2.45) is 0 Å². The molecule has 0 radical (unpaired) electrons. The van der Waals surface area contributed by atoms with Gasteiger partial charge in [0, 0.05) is 24.6 Å². The van der Waals surface area contributed by atoms with E-state index >= 15 is 0 Å². The molecule has 3 N–H and O–H groups in total. The lowest BCUT2D eigenvalue weighted by Crippen LogP contribution is -2.20. The number of ketones is 1. The minimum absolute atomic E-state index is 0.0896. The van der Waals surface area contributed by atoms with E-state index in [-0.39, 0.29) is 30.1 Å². The Balaban J connectivity index is 1.61. The van der Waals surface area contributed by atoms with E-state index in [0.717, 1.165) is 0 Å². The summed E-state index contributed by atoms with van der Waals surface area (Å²) in [6.45, 7) is 2.89. The Kier molecular flexibility index (Phi) is 6.48. The third kappa shape index (κ3) is 5.72. The Morgan fingerprint density at radius 3 is 2.54 bits per heavy atom. The van der Waals surface area contributed by atoms with Crippen molar-refractivity contribution in [3.8, 4) is 0 Å². The second kappa shape index (κ2) is 8.79. The number of Topliss-reactive ketones (excluding diaryl/α,β-unsaturated/α-hetero) is 1. The van der Waals surface area contributed by atoms with Gasteiger partial charge in [0.15, 0.2) is 18.2 Å². The molecule has 2 heterocycles. The van der Waals surface area contributed by atoms with Crippen LogP contribution in [0.2, 0.25) is 0 Å². The standard InChI is InChI=1S/C16H20N4O6/c1-9-7-12(20-26-9)18-13(22)8-25-14(23)6-4-3-5-11(21)15-10(2)17-16(24)19-15/h7H,3-6,8H2,1-2H3,(H2,17,19,24)(H,18,20,22). The van der Waals surface area contributed by atoms with Crippen LogP contribution in [0.4, 0.5) is 5.82 Å². The van der Waals surface area contributed by atoms with Gasteiger partial charge in [0.05, 0.1) is 0 Å². The highest BCUT2D eigenvalue weighted by atomic mass is 16.5. The first-order valence-corrected chi connectivity index (χ1v) is 8.06. The number of aromatic nitrogens is 3. The van der Waals surface area contributed by atoms with E-state index in [1.807, 2.05) is 0 Å². The number of H-pyrrole nitrogens is 2. The van der Waals surface area contributed by atoms with Gasteiger partial charge in [-0.3, -0.25) is 14.4 Å². The van der Waals surface area contributed by atoms with Gasteiger partial charge in [-0.05, 0) is 26.7 Å². The fourth-order valence-electron chi connectivity index (χ4n) is 2.25. The van der Waals surface area contributed by atoms with Crippen LogP contribution in [0, 0.1) is 13.8 Å². The average Bonchev–Trinajstić information content (AvgIpc) is 3.14. The number of esters is 1. The van der Waals surface area contributed by atoms with Crippen LogP contribution in [-0.4, -0.2) is 39.4 Å². The fourth-order valence-corrected chi connectivity index (χ4v) is 2.25. The molecule has 140 valence electrons. The Bertz CT molecular complexity index is 847. The van der Waals surface area contributed by atoms with Crippen molar-refractivity contribution in [2.45, 2.75) is 39.5 Å². The maximum Gasteiger partial charge on any atom is 0.323 e. The molecule has 2 rings (SSSR count). The molecule has 10 nitrogen and oxygen atoms in total. The van der Waals surface area contributed by atoms with Gasteiger partial charge in [-0.1, -0.05) is 5.16 Å². The molecule has 1 amide bonds. The minimum atomic E-state index is -0.532. The lowest BCUT2D eigenvalue weighted by atomic mass is 10.1. The number of nitrogens with zero attached hydrogens (tertiary/aromatic N) is 1. The first-order valence-electron chi connectivity index (χ1n) is 8.06. The van der Waals surface area contributed by atoms with Crippen LogP contribution >= 0.6 is 0 Å². The van der Waals surface area contributed by atoms with Crippen LogP contribution in [-0.2, 0) is 14.3 Å². The van der Waals surface area contributed by atoms with Crippen LogP contribution in [0.15, 0.2) is 15.4 Å². The predicted molar refractivity (Wildman–Crippen MR) is 89.8 cm³/mol. The minimum Gasteiger partial charge on any atom is -0.456 e. The van der Waals surface area contributed by atoms with Gasteiger partial charge in [0.2, 0.25) is 0 Å². The first-order chi connectivity index (χ1) is 12.3. The number of ether oxygens (including phenoxy) is 1. The lowest BCUT2D eigenvalue weighted by molar-refractivity contribution is -0.147. The molecule has 0 aliphatic rings. The summed E-state index contributed by atoms with van der Waals surface area (Å²) in [6, 6.07) is 1.54. The van der Waals surface area contributed by atoms with Crippen molar-refractivity contribution in [3.05, 3.63) is 33.7 Å². The summed E-state index contributed by atoms with van der Waals surface area (Å²) in [7, 11) is 0. The van der Waals surface area contributed by atoms with Crippen molar-refractivity contribution in [3.63, 3.8) is 0 Å². The molecule has 2 aromatic rings. The number of amides is 1. The molecule has 0 aromatic carbocycles. The van der Waals surface area contributed by atoms with Gasteiger partial charge in [-0.15, -0.1) is 0 Å². The molecule has 26 heavy (non-hydrogen) atoms. The zero-order chi connectivity index (χ0) is 19.1. The molecule has 0 unspecified atom stereocenters. The van der Waals surface area contributed by atoms with E-state index in [9.17, 15) is 19.2 Å². The van der Waals surface area contributed by atoms with Crippen molar-refractivity contribution >= 4 is 23.5 Å². The van der Waals surface area contributed by atoms with Crippen molar-refractivity contribution in [1.29, 1.82) is 0 Å². The van der Waals surface area contributed by atoms with Crippen LogP contribution < -0.4 is 11.0 Å². The Morgan fingerprint density at radius 1 is 1.19 bits per heavy atom. The molecule has 0 atom stereocenters. The van der Waals surface area contributed by atoms with Gasteiger partial charge < -0.3 is 24.5 Å². The van der Waals surface area contributed by atoms with Crippen molar-refractivity contribution in [1.82, 2.24) is 15.1 Å². The number of aryl methyl sites for hydroxylation is 2. The van der Waals surface area contributed by atoms with E-state index in [4.69, 9.17) is 9.26 Å². The number of carbonyl (C=O) groups is 3. The number of hydrogen-bond donors (Lipinski definition) is 3. The molecule has 0 saturated carbocycles. The summed E-state index contributed by atoms with van der Waals surface area (Å²) in [4.78, 5) is 51.2. The lowest BCUT2D eigenvalue weighted by Gasteiger charge is -2.04. The van der Waals surface area contributed by atoms with Crippen LogP contribution in [0.5, 0.6) is 0 Å². The molecule has 10 heteroatoms. The Morgan fingerprint density at radius 2 is 1.92 bits per heavy atom. The molecular weight excluding hydrogens is 344 g/mol. The summed E-state index contributed by atoms with van der Waals surface area (Å²) in [5, 5.41) is 6.02. The van der Waals surface area contributed by atoms with Crippen LogP contribution in [0.3, 0.4) is 0 Å². The molecule has 0 spiro atoms. The first kappa shape index (κ1) is 19.2. The maximum absolute atomic E-state index is 11.9. The third-order valence-corrected chi connectivity index (χ3v) is 3.49. The van der Waals surface area contributed by atoms with Crippen LogP contribution in [0.1, 0.15) is 47.6 Å². The van der Waals surface area contributed by atoms with E-state index in [1.165, 1.54) is 6.07 Å². The largest absolute Gasteiger partial charge is 0.456 e. The Labute approximate surface area is 148 Å². The molecule has 0 aliphatic carbocycles. The van der Waals surface area contributed by atoms with E-state index < -0.39 is 24.2 Å². The molecule has 0 fully saturated rings. The summed E-state index contributed by atoms with van der Waals surface area (Å²) in [5.41, 5.74) is 0.332. The number of hydrogen-bond acceptors (Lipinski definition) is 7. The quantitative estimate of drug-likeness (QED) is 0.344. The number of rotatable bonds is 9. The molecule has 0 bridgehead atoms. The highest BCUT2D eigenvalue weighted by molar-refractivity contribution is 5.95. The maximum atomic E-state index is 11.9. The topological polar surface area (TPSA) is 147 Å². The third-order valence-electron chi connectivity index (χ3n) is 3.49. The van der Waals surface area contributed by atoms with Gasteiger partial charge >= 0.3 is 11.7 Å². The van der Waals surface area contributed by atoms with Crippen LogP contribution in [0.25, 0.3) is 0 Å². The zero-order valence-electron chi connectivity index (χ0n) is 14.5. The smallest absolute Gasteiger partial charge is 0.323 e. The monoisotopic (exact) mass is 364 g/mol. The van der Waals surface area contributed by atoms with Gasteiger partial charge in [0.25, 0.3) is 5.91 Å². The highest BCUT2D eigenvalue weighted by Crippen LogP contribution is 2.09. The fraction of sp³-hybridized carbons (Fsp3) is 0.438. The van der Waals surface area contributed by atoms with Crippen molar-refractivity contribution in [2.75, 3.05) is 11.9 Å². The Hall–Kier alpha value is -3.17. The SMILES string of the molecule is Cc1cc(NC(=O)COC(=O)CCCCC(=O)c2[nH]c(=O)[nH]c2C)no1. The number of unbranched alkanes of at least 4 members (excludes halogenated alkanes) is 1. The number of nitrogens with one attached hydrogen (secondary N) is 3. The van der Waals surface area contributed by atoms with Gasteiger partial charge in [0.1, 0.15) is 11.5 Å². The normalized spacial score (nSPS) is 10.5. The summed E-state index contributed by atoms with van der Waals surface area (Å²) in [6.07, 6.45) is 1.19. The highest BCUT2D eigenvalue weighted by Gasteiger charge is 2.13. The van der Waals surface area contributed by atoms with Gasteiger partial charge in [-0.2, -0.15) is 0 Å². The van der Waals surface area contributed by atoms with E-state index in [0.29, 0.717) is 24.3 Å². The molecule has 0 saturated heterocycles. The van der Waals surface area contributed by atoms with E-state index in [1.54, 1.807) is 13.8 Å². The zero-order valence-corrected chi connectivity index (χ0v) is 14.5. The number of imidazole rings is 1. The number of carbonyl (C=O) groups excluding carboxylic acids is 3. The molecule has 0 aliphatic heterocycles. The average molecular weight is 364 g/mol. The van der Waals surface area contributed by atoms with Gasteiger partial charge in [-0.25, -0.2) is 4.79 Å². The molecule has 2 aromatic heterocycles. The number of aromatic amines is 2. The predicted octanol–water partition coefficient (Wildman–Crippen LogP) is 1.23.